The summed E-state index contributed by atoms with van der Waals surface area (Å²) < 4.78 is 26.4. The van der Waals surface area contributed by atoms with Gasteiger partial charge in [-0.15, -0.1) is 0 Å². The zero-order chi connectivity index (χ0) is 14.5. The molecule has 0 radical (unpaired) electrons. The van der Waals surface area contributed by atoms with Crippen LogP contribution in [0, 0.1) is 11.3 Å². The summed E-state index contributed by atoms with van der Waals surface area (Å²) in [5.41, 5.74) is 0.136. The van der Waals surface area contributed by atoms with Crippen LogP contribution in [0.2, 0.25) is 0 Å². The highest BCUT2D eigenvalue weighted by atomic mass is 32.2. The van der Waals surface area contributed by atoms with E-state index in [0.29, 0.717) is 18.5 Å². The first kappa shape index (κ1) is 16.9. The zero-order valence-electron chi connectivity index (χ0n) is 12.8. The topological polar surface area (TPSA) is 58.2 Å². The summed E-state index contributed by atoms with van der Waals surface area (Å²) in [6, 6.07) is 0.711. The minimum absolute atomic E-state index is 0.136. The lowest BCUT2D eigenvalue weighted by molar-refractivity contribution is 0.263. The Kier molecular flexibility index (Phi) is 6.27. The van der Waals surface area contributed by atoms with Gasteiger partial charge in [-0.2, -0.15) is 0 Å². The molecule has 0 spiro atoms. The molecule has 0 bridgehead atoms. The van der Waals surface area contributed by atoms with Crippen molar-refractivity contribution in [1.82, 2.24) is 10.0 Å². The third-order valence-corrected chi connectivity index (χ3v) is 5.37. The fourth-order valence-corrected chi connectivity index (χ4v) is 2.87. The number of hydrogen-bond donors (Lipinski definition) is 2. The molecule has 0 aliphatic heterocycles. The van der Waals surface area contributed by atoms with Crippen molar-refractivity contribution in [2.75, 3.05) is 18.8 Å². The van der Waals surface area contributed by atoms with Gasteiger partial charge in [0.2, 0.25) is 10.0 Å². The van der Waals surface area contributed by atoms with Crippen molar-refractivity contribution < 1.29 is 8.42 Å². The lowest BCUT2D eigenvalue weighted by atomic mass is 9.82. The molecule has 0 aromatic rings. The Bertz CT molecular complexity index is 356. The van der Waals surface area contributed by atoms with E-state index in [0.717, 1.165) is 19.4 Å². The zero-order valence-corrected chi connectivity index (χ0v) is 13.6. The summed E-state index contributed by atoms with van der Waals surface area (Å²) in [4.78, 5) is 0. The number of sulfonamides is 1. The van der Waals surface area contributed by atoms with E-state index in [-0.39, 0.29) is 11.2 Å². The van der Waals surface area contributed by atoms with Crippen molar-refractivity contribution in [3.8, 4) is 0 Å². The van der Waals surface area contributed by atoms with Crippen LogP contribution in [0.15, 0.2) is 0 Å². The molecule has 1 unspecified atom stereocenters. The quantitative estimate of drug-likeness (QED) is 0.640. The van der Waals surface area contributed by atoms with Gasteiger partial charge < -0.3 is 5.32 Å². The standard InChI is InChI=1S/C14H30N2O2S/c1-12(14(2,3)4)11-16-19(17,18)10-6-5-9-15-13-7-8-13/h12-13,15-16H,5-11H2,1-4H3. The van der Waals surface area contributed by atoms with Gasteiger partial charge in [-0.1, -0.05) is 27.7 Å². The van der Waals surface area contributed by atoms with Gasteiger partial charge in [0, 0.05) is 12.6 Å². The summed E-state index contributed by atoms with van der Waals surface area (Å²) in [6.45, 7) is 9.97. The van der Waals surface area contributed by atoms with Crippen LogP contribution in [-0.4, -0.2) is 33.3 Å². The largest absolute Gasteiger partial charge is 0.314 e. The fourth-order valence-electron chi connectivity index (χ4n) is 1.64. The molecule has 1 saturated carbocycles. The molecule has 0 aromatic carbocycles. The molecule has 1 aliphatic rings. The van der Waals surface area contributed by atoms with Gasteiger partial charge in [0.25, 0.3) is 0 Å². The first-order chi connectivity index (χ1) is 8.71. The monoisotopic (exact) mass is 290 g/mol. The normalized spacial score (nSPS) is 18.5. The summed E-state index contributed by atoms with van der Waals surface area (Å²) in [7, 11) is -3.10. The van der Waals surface area contributed by atoms with Crippen LogP contribution in [0.25, 0.3) is 0 Å². The molecule has 0 amide bonds. The van der Waals surface area contributed by atoms with E-state index in [4.69, 9.17) is 0 Å². The highest BCUT2D eigenvalue weighted by Crippen LogP contribution is 2.24. The van der Waals surface area contributed by atoms with E-state index in [1.807, 2.05) is 0 Å². The predicted octanol–water partition coefficient (Wildman–Crippen LogP) is 2.12. The SMILES string of the molecule is CC(CNS(=O)(=O)CCCCNC1CC1)C(C)(C)C. The van der Waals surface area contributed by atoms with Crippen molar-refractivity contribution in [2.45, 2.75) is 59.4 Å². The second-order valence-corrected chi connectivity index (χ2v) is 8.80. The molecule has 5 heteroatoms. The maximum atomic E-state index is 11.8. The molecule has 2 N–H and O–H groups in total. The molecule has 0 saturated heterocycles. The average Bonchev–Trinajstić information content (AvgIpc) is 3.08. The maximum absolute atomic E-state index is 11.8. The third-order valence-electron chi connectivity index (χ3n) is 3.94. The smallest absolute Gasteiger partial charge is 0.211 e. The lowest BCUT2D eigenvalue weighted by Crippen LogP contribution is -2.35. The van der Waals surface area contributed by atoms with Crippen molar-refractivity contribution >= 4 is 10.0 Å². The van der Waals surface area contributed by atoms with E-state index in [9.17, 15) is 8.42 Å². The van der Waals surface area contributed by atoms with Gasteiger partial charge in [0.15, 0.2) is 0 Å². The number of unbranched alkanes of at least 4 members (excludes halogenated alkanes) is 1. The van der Waals surface area contributed by atoms with Crippen LogP contribution in [0.3, 0.4) is 0 Å². The van der Waals surface area contributed by atoms with Gasteiger partial charge in [-0.05, 0) is 43.6 Å². The van der Waals surface area contributed by atoms with Crippen molar-refractivity contribution in [3.05, 3.63) is 0 Å². The third kappa shape index (κ3) is 7.90. The van der Waals surface area contributed by atoms with Gasteiger partial charge in [0.1, 0.15) is 0 Å². The Morgan fingerprint density at radius 3 is 2.37 bits per heavy atom. The Hall–Kier alpha value is -0.130. The van der Waals surface area contributed by atoms with Crippen LogP contribution in [0.4, 0.5) is 0 Å². The maximum Gasteiger partial charge on any atom is 0.211 e. The summed E-state index contributed by atoms with van der Waals surface area (Å²) in [5.74, 6) is 0.578. The molecule has 1 aliphatic carbocycles. The van der Waals surface area contributed by atoms with Gasteiger partial charge in [0.05, 0.1) is 5.75 Å². The molecule has 0 heterocycles. The van der Waals surface area contributed by atoms with Crippen molar-refractivity contribution in [3.63, 3.8) is 0 Å². The van der Waals surface area contributed by atoms with E-state index < -0.39 is 10.0 Å². The average molecular weight is 290 g/mol. The van der Waals surface area contributed by atoms with Crippen molar-refractivity contribution in [1.29, 1.82) is 0 Å². The second kappa shape index (κ2) is 7.04. The summed E-state index contributed by atoms with van der Waals surface area (Å²) >= 11 is 0. The Morgan fingerprint density at radius 1 is 1.21 bits per heavy atom. The van der Waals surface area contributed by atoms with Crippen molar-refractivity contribution in [2.24, 2.45) is 11.3 Å². The number of rotatable bonds is 9. The number of nitrogens with one attached hydrogen (secondary N) is 2. The van der Waals surface area contributed by atoms with Crippen LogP contribution in [0.5, 0.6) is 0 Å². The Balaban J connectivity index is 2.12. The van der Waals surface area contributed by atoms with Crippen LogP contribution in [-0.2, 0) is 10.0 Å². The summed E-state index contributed by atoms with van der Waals surface area (Å²) in [6.07, 6.45) is 4.24. The van der Waals surface area contributed by atoms with Crippen LogP contribution < -0.4 is 10.0 Å². The molecule has 19 heavy (non-hydrogen) atoms. The molecule has 1 rings (SSSR count). The molecule has 1 atom stereocenters. The summed E-state index contributed by atoms with van der Waals surface area (Å²) in [5, 5.41) is 3.40. The van der Waals surface area contributed by atoms with Crippen LogP contribution >= 0.6 is 0 Å². The lowest BCUT2D eigenvalue weighted by Gasteiger charge is -2.27. The first-order valence-corrected chi connectivity index (χ1v) is 9.06. The molecular weight excluding hydrogens is 260 g/mol. The first-order valence-electron chi connectivity index (χ1n) is 7.41. The van der Waals surface area contributed by atoms with E-state index in [1.54, 1.807) is 0 Å². The second-order valence-electron chi connectivity index (χ2n) is 6.87. The van der Waals surface area contributed by atoms with Gasteiger partial charge in [-0.25, -0.2) is 13.1 Å². The van der Waals surface area contributed by atoms with E-state index in [1.165, 1.54) is 12.8 Å². The highest BCUT2D eigenvalue weighted by Gasteiger charge is 2.22. The van der Waals surface area contributed by atoms with E-state index >= 15 is 0 Å². The van der Waals surface area contributed by atoms with E-state index in [2.05, 4.69) is 37.7 Å². The minimum atomic E-state index is -3.10. The fraction of sp³-hybridized carbons (Fsp3) is 1.00. The molecule has 0 aromatic heterocycles. The van der Waals surface area contributed by atoms with Crippen LogP contribution in [0.1, 0.15) is 53.4 Å². The molecule has 1 fully saturated rings. The molecular formula is C14H30N2O2S. The predicted molar refractivity (Wildman–Crippen MR) is 80.7 cm³/mol. The highest BCUT2D eigenvalue weighted by molar-refractivity contribution is 7.89. The van der Waals surface area contributed by atoms with Gasteiger partial charge >= 0.3 is 0 Å². The Morgan fingerprint density at radius 2 is 1.84 bits per heavy atom. The number of hydrogen-bond acceptors (Lipinski definition) is 3. The molecule has 114 valence electrons. The minimum Gasteiger partial charge on any atom is -0.314 e. The van der Waals surface area contributed by atoms with Gasteiger partial charge in [-0.3, -0.25) is 0 Å². The molecule has 4 nitrogen and oxygen atoms in total. The Labute approximate surface area is 118 Å².